The summed E-state index contributed by atoms with van der Waals surface area (Å²) < 4.78 is 11.4. The lowest BCUT2D eigenvalue weighted by molar-refractivity contribution is -0.118. The topological polar surface area (TPSA) is 93.5 Å². The van der Waals surface area contributed by atoms with Crippen LogP contribution in [-0.4, -0.2) is 23.4 Å². The van der Waals surface area contributed by atoms with Gasteiger partial charge < -0.3 is 19.8 Å². The van der Waals surface area contributed by atoms with Gasteiger partial charge >= 0.3 is 0 Å². The van der Waals surface area contributed by atoms with E-state index in [-0.39, 0.29) is 25.0 Å². The number of rotatable bonds is 8. The van der Waals surface area contributed by atoms with Crippen LogP contribution in [0.2, 0.25) is 0 Å². The molecular weight excluding hydrogens is 442 g/mol. The van der Waals surface area contributed by atoms with Crippen molar-refractivity contribution < 1.29 is 18.7 Å². The van der Waals surface area contributed by atoms with Gasteiger partial charge in [-0.3, -0.25) is 9.59 Å². The molecule has 2 amide bonds. The molecule has 0 atom stereocenters. The van der Waals surface area contributed by atoms with E-state index in [0.717, 1.165) is 11.1 Å². The standard InChI is InChI=1S/C28H27N3O4/c1-18-11-13-23(14-12-18)34-17-26(32)30-22-9-6-8-21(15-22)28-31-25(20(3)35-28)16-29-27(33)24-10-5-4-7-19(24)2/h4-15H,16-17H2,1-3H3,(H,29,33)(H,30,32). The van der Waals surface area contributed by atoms with Crippen LogP contribution < -0.4 is 15.4 Å². The zero-order chi connectivity index (χ0) is 24.8. The number of benzene rings is 3. The Morgan fingerprint density at radius 1 is 0.943 bits per heavy atom. The summed E-state index contributed by atoms with van der Waals surface area (Å²) in [7, 11) is 0. The van der Waals surface area contributed by atoms with Crippen molar-refractivity contribution in [1.82, 2.24) is 10.3 Å². The molecule has 1 aromatic heterocycles. The molecule has 4 aromatic rings. The first-order valence-electron chi connectivity index (χ1n) is 11.3. The maximum Gasteiger partial charge on any atom is 0.262 e. The zero-order valence-electron chi connectivity index (χ0n) is 19.9. The SMILES string of the molecule is Cc1ccc(OCC(=O)Nc2cccc(-c3nc(CNC(=O)c4ccccc4C)c(C)o3)c2)cc1. The molecule has 178 valence electrons. The summed E-state index contributed by atoms with van der Waals surface area (Å²) in [6, 6.07) is 22.2. The van der Waals surface area contributed by atoms with Crippen LogP contribution in [0.4, 0.5) is 5.69 Å². The first-order chi connectivity index (χ1) is 16.9. The predicted molar refractivity (Wildman–Crippen MR) is 134 cm³/mol. The van der Waals surface area contributed by atoms with E-state index in [4.69, 9.17) is 9.15 Å². The fraction of sp³-hybridized carbons (Fsp3) is 0.179. The van der Waals surface area contributed by atoms with Gasteiger partial charge in [0.15, 0.2) is 6.61 Å². The Kier molecular flexibility index (Phi) is 7.26. The minimum absolute atomic E-state index is 0.101. The van der Waals surface area contributed by atoms with E-state index in [1.807, 2.05) is 68.4 Å². The highest BCUT2D eigenvalue weighted by Gasteiger charge is 2.15. The number of carbonyl (C=O) groups is 2. The molecule has 0 saturated heterocycles. The average Bonchev–Trinajstić information content (AvgIpc) is 3.23. The second-order valence-corrected chi connectivity index (χ2v) is 8.25. The van der Waals surface area contributed by atoms with E-state index in [9.17, 15) is 9.59 Å². The molecule has 0 aliphatic heterocycles. The summed E-state index contributed by atoms with van der Waals surface area (Å²) in [5, 5.41) is 5.73. The van der Waals surface area contributed by atoms with Crippen molar-refractivity contribution in [2.45, 2.75) is 27.3 Å². The molecule has 0 aliphatic rings. The van der Waals surface area contributed by atoms with E-state index in [1.54, 1.807) is 25.1 Å². The zero-order valence-corrected chi connectivity index (χ0v) is 19.9. The number of oxazole rings is 1. The number of hydrogen-bond donors (Lipinski definition) is 2. The second kappa shape index (κ2) is 10.7. The van der Waals surface area contributed by atoms with Crippen molar-refractivity contribution in [1.29, 1.82) is 0 Å². The van der Waals surface area contributed by atoms with Crippen molar-refractivity contribution in [3.8, 4) is 17.2 Å². The molecule has 4 rings (SSSR count). The summed E-state index contributed by atoms with van der Waals surface area (Å²) in [6.45, 7) is 5.84. The Bertz CT molecular complexity index is 1340. The Hall–Kier alpha value is -4.39. The number of anilines is 1. The molecule has 0 bridgehead atoms. The van der Waals surface area contributed by atoms with Crippen LogP contribution in [0.15, 0.2) is 77.2 Å². The van der Waals surface area contributed by atoms with Gasteiger partial charge in [-0.2, -0.15) is 0 Å². The molecule has 35 heavy (non-hydrogen) atoms. The molecule has 0 aliphatic carbocycles. The third-order valence-corrected chi connectivity index (χ3v) is 5.48. The van der Waals surface area contributed by atoms with Crippen LogP contribution in [-0.2, 0) is 11.3 Å². The van der Waals surface area contributed by atoms with E-state index < -0.39 is 0 Å². The number of aromatic nitrogens is 1. The molecule has 2 N–H and O–H groups in total. The second-order valence-electron chi connectivity index (χ2n) is 8.25. The molecular formula is C28H27N3O4. The number of nitrogens with zero attached hydrogens (tertiary/aromatic N) is 1. The Morgan fingerprint density at radius 3 is 2.49 bits per heavy atom. The number of hydrogen-bond acceptors (Lipinski definition) is 5. The van der Waals surface area contributed by atoms with E-state index in [1.165, 1.54) is 0 Å². The van der Waals surface area contributed by atoms with Crippen molar-refractivity contribution in [3.63, 3.8) is 0 Å². The maximum atomic E-state index is 12.5. The molecule has 0 saturated carbocycles. The van der Waals surface area contributed by atoms with E-state index in [2.05, 4.69) is 15.6 Å². The van der Waals surface area contributed by atoms with Crippen LogP contribution in [0.1, 0.15) is 32.9 Å². The number of ether oxygens (including phenoxy) is 1. The highest BCUT2D eigenvalue weighted by Crippen LogP contribution is 2.24. The van der Waals surface area contributed by atoms with E-state index in [0.29, 0.717) is 39.9 Å². The molecule has 7 nitrogen and oxygen atoms in total. The van der Waals surface area contributed by atoms with Crippen molar-refractivity contribution >= 4 is 17.5 Å². The minimum Gasteiger partial charge on any atom is -0.484 e. The number of amides is 2. The smallest absolute Gasteiger partial charge is 0.262 e. The Morgan fingerprint density at radius 2 is 1.71 bits per heavy atom. The number of aryl methyl sites for hydroxylation is 3. The van der Waals surface area contributed by atoms with Gasteiger partial charge in [0.2, 0.25) is 5.89 Å². The number of carbonyl (C=O) groups excluding carboxylic acids is 2. The van der Waals surface area contributed by atoms with Crippen molar-refractivity contribution in [2.24, 2.45) is 0 Å². The fourth-order valence-corrected chi connectivity index (χ4v) is 3.51. The first-order valence-corrected chi connectivity index (χ1v) is 11.3. The lowest BCUT2D eigenvalue weighted by Crippen LogP contribution is -2.24. The summed E-state index contributed by atoms with van der Waals surface area (Å²) in [6.07, 6.45) is 0. The van der Waals surface area contributed by atoms with Crippen LogP contribution >= 0.6 is 0 Å². The van der Waals surface area contributed by atoms with Gasteiger partial charge in [-0.1, -0.05) is 42.0 Å². The van der Waals surface area contributed by atoms with E-state index >= 15 is 0 Å². The predicted octanol–water partition coefficient (Wildman–Crippen LogP) is 5.21. The summed E-state index contributed by atoms with van der Waals surface area (Å²) >= 11 is 0. The third kappa shape index (κ3) is 6.14. The van der Waals surface area contributed by atoms with Gasteiger partial charge in [-0.25, -0.2) is 4.98 Å². The average molecular weight is 470 g/mol. The maximum absolute atomic E-state index is 12.5. The lowest BCUT2D eigenvalue weighted by Gasteiger charge is -2.08. The monoisotopic (exact) mass is 469 g/mol. The first kappa shape index (κ1) is 23.8. The quantitative estimate of drug-likeness (QED) is 0.369. The van der Waals surface area contributed by atoms with Crippen LogP contribution in [0, 0.1) is 20.8 Å². The van der Waals surface area contributed by atoms with Gasteiger partial charge in [0.25, 0.3) is 11.8 Å². The summed E-state index contributed by atoms with van der Waals surface area (Å²) in [4.78, 5) is 29.4. The van der Waals surface area contributed by atoms with Crippen LogP contribution in [0.5, 0.6) is 5.75 Å². The Balaban J connectivity index is 1.37. The van der Waals surface area contributed by atoms with Gasteiger partial charge in [0.05, 0.1) is 6.54 Å². The van der Waals surface area contributed by atoms with Gasteiger partial charge in [0.1, 0.15) is 17.2 Å². The Labute approximate surface area is 204 Å². The number of nitrogens with one attached hydrogen (secondary N) is 2. The fourth-order valence-electron chi connectivity index (χ4n) is 3.51. The molecule has 3 aromatic carbocycles. The molecule has 0 fully saturated rings. The van der Waals surface area contributed by atoms with Crippen molar-refractivity contribution in [3.05, 3.63) is 101 Å². The molecule has 7 heteroatoms. The highest BCUT2D eigenvalue weighted by atomic mass is 16.5. The third-order valence-electron chi connectivity index (χ3n) is 5.48. The van der Waals surface area contributed by atoms with Crippen molar-refractivity contribution in [2.75, 3.05) is 11.9 Å². The summed E-state index contributed by atoms with van der Waals surface area (Å²) in [5.74, 6) is 1.23. The van der Waals surface area contributed by atoms with Gasteiger partial charge in [0, 0.05) is 16.8 Å². The van der Waals surface area contributed by atoms with Crippen LogP contribution in [0.25, 0.3) is 11.5 Å². The lowest BCUT2D eigenvalue weighted by atomic mass is 10.1. The highest BCUT2D eigenvalue weighted by molar-refractivity contribution is 5.95. The molecule has 0 unspecified atom stereocenters. The van der Waals surface area contributed by atoms with Crippen LogP contribution in [0.3, 0.4) is 0 Å². The molecule has 0 radical (unpaired) electrons. The minimum atomic E-state index is -0.272. The molecule has 0 spiro atoms. The molecule has 1 heterocycles. The normalized spacial score (nSPS) is 10.6. The van der Waals surface area contributed by atoms with Gasteiger partial charge in [-0.15, -0.1) is 0 Å². The summed E-state index contributed by atoms with van der Waals surface area (Å²) in [5.41, 5.74) is 4.61. The van der Waals surface area contributed by atoms with Gasteiger partial charge in [-0.05, 0) is 62.7 Å². The largest absolute Gasteiger partial charge is 0.484 e.